The molecule has 16 heavy (non-hydrogen) atoms. The van der Waals surface area contributed by atoms with Crippen LogP contribution in [0.1, 0.15) is 66.7 Å². The van der Waals surface area contributed by atoms with Crippen molar-refractivity contribution in [2.45, 2.75) is 72.3 Å². The molecule has 1 N–H and O–H groups in total. The van der Waals surface area contributed by atoms with Gasteiger partial charge in [-0.2, -0.15) is 0 Å². The van der Waals surface area contributed by atoms with Crippen LogP contribution in [0.2, 0.25) is 0 Å². The molecule has 1 unspecified atom stereocenters. The Morgan fingerprint density at radius 2 is 1.94 bits per heavy atom. The van der Waals surface area contributed by atoms with Gasteiger partial charge >= 0.3 is 0 Å². The van der Waals surface area contributed by atoms with E-state index in [0.717, 1.165) is 12.3 Å². The first-order chi connectivity index (χ1) is 7.29. The molecule has 2 aliphatic carbocycles. The molecule has 94 valence electrons. The van der Waals surface area contributed by atoms with E-state index in [2.05, 4.69) is 34.6 Å². The van der Waals surface area contributed by atoms with E-state index < -0.39 is 5.60 Å². The van der Waals surface area contributed by atoms with Crippen LogP contribution in [0, 0.1) is 22.7 Å². The highest BCUT2D eigenvalue weighted by Crippen LogP contribution is 2.70. The molecule has 2 rings (SSSR count). The van der Waals surface area contributed by atoms with E-state index >= 15 is 0 Å². The van der Waals surface area contributed by atoms with E-state index in [4.69, 9.17) is 0 Å². The minimum Gasteiger partial charge on any atom is -0.388 e. The third-order valence-corrected chi connectivity index (χ3v) is 6.10. The molecule has 1 heteroatoms. The van der Waals surface area contributed by atoms with Crippen LogP contribution in [0.4, 0.5) is 0 Å². The van der Waals surface area contributed by atoms with Crippen LogP contribution in [0.5, 0.6) is 0 Å². The summed E-state index contributed by atoms with van der Waals surface area (Å²) in [6, 6.07) is 0. The van der Waals surface area contributed by atoms with Crippen LogP contribution in [0.25, 0.3) is 0 Å². The highest BCUT2D eigenvalue weighted by molar-refractivity contribution is 5.19. The fourth-order valence-electron chi connectivity index (χ4n) is 5.16. The quantitative estimate of drug-likeness (QED) is 0.768. The summed E-state index contributed by atoms with van der Waals surface area (Å²) in [7, 11) is 0. The second kappa shape index (κ2) is 3.48. The lowest BCUT2D eigenvalue weighted by molar-refractivity contribution is -0.178. The summed E-state index contributed by atoms with van der Waals surface area (Å²) in [6.07, 6.45) is 6.13. The lowest BCUT2D eigenvalue weighted by atomic mass is 9.55. The number of rotatable bonds is 3. The highest BCUT2D eigenvalue weighted by Gasteiger charge is 2.69. The number of fused-ring (bicyclic) bond motifs is 2. The van der Waals surface area contributed by atoms with E-state index in [1.165, 1.54) is 25.7 Å². The van der Waals surface area contributed by atoms with E-state index in [-0.39, 0.29) is 10.8 Å². The van der Waals surface area contributed by atoms with Crippen LogP contribution in [0.3, 0.4) is 0 Å². The molecule has 0 heterocycles. The van der Waals surface area contributed by atoms with Gasteiger partial charge in [-0.15, -0.1) is 0 Å². The molecule has 4 atom stereocenters. The molecule has 0 radical (unpaired) electrons. The maximum atomic E-state index is 11.4. The zero-order valence-electron chi connectivity index (χ0n) is 11.6. The molecule has 2 bridgehead atoms. The van der Waals surface area contributed by atoms with Crippen molar-refractivity contribution in [2.24, 2.45) is 22.7 Å². The second-order valence-electron chi connectivity index (χ2n) is 7.18. The van der Waals surface area contributed by atoms with Gasteiger partial charge in [-0.1, -0.05) is 41.0 Å². The van der Waals surface area contributed by atoms with Crippen molar-refractivity contribution in [3.8, 4) is 0 Å². The molecule has 0 spiro atoms. The van der Waals surface area contributed by atoms with Gasteiger partial charge in [0.25, 0.3) is 0 Å². The monoisotopic (exact) mass is 224 g/mol. The molecule has 1 nitrogen and oxygen atoms in total. The lowest BCUT2D eigenvalue weighted by Crippen LogP contribution is -2.58. The molecule has 0 amide bonds. The molecule has 0 aromatic rings. The number of aliphatic hydroxyl groups is 1. The van der Waals surface area contributed by atoms with E-state index in [9.17, 15) is 5.11 Å². The summed E-state index contributed by atoms with van der Waals surface area (Å²) in [5.74, 6) is 1.17. The van der Waals surface area contributed by atoms with Gasteiger partial charge in [0.1, 0.15) is 0 Å². The fraction of sp³-hybridized carbons (Fsp3) is 1.00. The average molecular weight is 224 g/mol. The van der Waals surface area contributed by atoms with Crippen LogP contribution < -0.4 is 0 Å². The number of hydrogen-bond acceptors (Lipinski definition) is 1. The first kappa shape index (κ1) is 12.4. The van der Waals surface area contributed by atoms with Gasteiger partial charge in [0.2, 0.25) is 0 Å². The lowest BCUT2D eigenvalue weighted by Gasteiger charge is -2.54. The number of hydrogen-bond donors (Lipinski definition) is 1. The molecule has 0 aliphatic heterocycles. The minimum atomic E-state index is -0.446. The van der Waals surface area contributed by atoms with Gasteiger partial charge in [0.05, 0.1) is 5.60 Å². The molecule has 0 aromatic carbocycles. The van der Waals surface area contributed by atoms with Gasteiger partial charge in [0, 0.05) is 0 Å². The van der Waals surface area contributed by atoms with Crippen molar-refractivity contribution >= 4 is 0 Å². The first-order valence-corrected chi connectivity index (χ1v) is 7.02. The first-order valence-electron chi connectivity index (χ1n) is 7.02. The summed E-state index contributed by atoms with van der Waals surface area (Å²) >= 11 is 0. The van der Waals surface area contributed by atoms with Gasteiger partial charge in [0.15, 0.2) is 0 Å². The summed E-state index contributed by atoms with van der Waals surface area (Å²) in [6.45, 7) is 11.4. The predicted molar refractivity (Wildman–Crippen MR) is 68.3 cm³/mol. The Hall–Kier alpha value is -0.0400. The third kappa shape index (κ3) is 1.21. The molecule has 0 saturated heterocycles. The minimum absolute atomic E-state index is 0.106. The third-order valence-electron chi connectivity index (χ3n) is 6.10. The molecular formula is C15H28O. The van der Waals surface area contributed by atoms with Crippen LogP contribution in [0.15, 0.2) is 0 Å². The Morgan fingerprint density at radius 1 is 1.31 bits per heavy atom. The second-order valence-corrected chi connectivity index (χ2v) is 7.18. The Kier molecular flexibility index (Phi) is 2.70. The molecule has 0 aromatic heterocycles. The van der Waals surface area contributed by atoms with E-state index in [1.807, 2.05) is 0 Å². The molecule has 2 aliphatic rings. The van der Waals surface area contributed by atoms with E-state index in [1.54, 1.807) is 0 Å². The normalized spacial score (nSPS) is 47.2. The van der Waals surface area contributed by atoms with Crippen molar-refractivity contribution in [3.63, 3.8) is 0 Å². The van der Waals surface area contributed by atoms with Gasteiger partial charge in [-0.25, -0.2) is 0 Å². The summed E-state index contributed by atoms with van der Waals surface area (Å²) in [5.41, 5.74) is -0.163. The Bertz CT molecular complexity index is 276. The van der Waals surface area contributed by atoms with Crippen LogP contribution in [-0.2, 0) is 0 Å². The summed E-state index contributed by atoms with van der Waals surface area (Å²) in [4.78, 5) is 0. The van der Waals surface area contributed by atoms with Gasteiger partial charge < -0.3 is 5.11 Å². The van der Waals surface area contributed by atoms with Gasteiger partial charge in [-0.05, 0) is 48.3 Å². The predicted octanol–water partition coefficient (Wildman–Crippen LogP) is 4.00. The highest BCUT2D eigenvalue weighted by atomic mass is 16.3. The fourth-order valence-corrected chi connectivity index (χ4v) is 5.16. The van der Waals surface area contributed by atoms with Crippen LogP contribution in [-0.4, -0.2) is 10.7 Å². The summed E-state index contributed by atoms with van der Waals surface area (Å²) < 4.78 is 0. The standard InChI is InChI=1S/C15H28O/c1-6-7-11(2)15(16)13(3,4)12-8-9-14(15,5)10-12/h11-12,16H,6-10H2,1-5H3/t11?,12-,14+,15-/m0/s1. The van der Waals surface area contributed by atoms with Crippen molar-refractivity contribution in [3.05, 3.63) is 0 Å². The van der Waals surface area contributed by atoms with Crippen LogP contribution >= 0.6 is 0 Å². The molecular weight excluding hydrogens is 196 g/mol. The zero-order valence-corrected chi connectivity index (χ0v) is 11.6. The van der Waals surface area contributed by atoms with Gasteiger partial charge in [-0.3, -0.25) is 0 Å². The smallest absolute Gasteiger partial charge is 0.0779 e. The zero-order chi connectivity index (χ0) is 12.2. The maximum Gasteiger partial charge on any atom is 0.0779 e. The van der Waals surface area contributed by atoms with Crippen molar-refractivity contribution in [2.75, 3.05) is 0 Å². The van der Waals surface area contributed by atoms with Crippen molar-refractivity contribution in [1.82, 2.24) is 0 Å². The topological polar surface area (TPSA) is 20.2 Å². The maximum absolute atomic E-state index is 11.4. The Morgan fingerprint density at radius 3 is 2.38 bits per heavy atom. The SMILES string of the molecule is CCCC(C)[C@]1(O)C(C)(C)[C@H]2CC[C@]1(C)C2. The average Bonchev–Trinajstić information content (AvgIpc) is 2.66. The summed E-state index contributed by atoms with van der Waals surface area (Å²) in [5, 5.41) is 11.4. The Balaban J connectivity index is 2.37. The molecule has 2 saturated carbocycles. The Labute approximate surface area is 101 Å². The van der Waals surface area contributed by atoms with Crippen molar-refractivity contribution in [1.29, 1.82) is 0 Å². The van der Waals surface area contributed by atoms with Crippen molar-refractivity contribution < 1.29 is 5.11 Å². The largest absolute Gasteiger partial charge is 0.388 e. The molecule has 2 fully saturated rings. The van der Waals surface area contributed by atoms with E-state index in [0.29, 0.717) is 5.92 Å².